The van der Waals surface area contributed by atoms with Crippen LogP contribution < -0.4 is 37.2 Å². The normalized spacial score (nSPS) is 8.80. The predicted molar refractivity (Wildman–Crippen MR) is 121 cm³/mol. The Labute approximate surface area is 237 Å². The van der Waals surface area contributed by atoms with Gasteiger partial charge in [0.15, 0.2) is 11.6 Å². The predicted octanol–water partition coefficient (Wildman–Crippen LogP) is -5.30. The summed E-state index contributed by atoms with van der Waals surface area (Å²) in [6.07, 6.45) is 14.6. The number of hydrogen-bond acceptors (Lipinski definition) is 5. The maximum atomic E-state index is 4.20. The maximum absolute atomic E-state index is 4.20. The molecule has 186 valence electrons. The molecular formula is C23H26Cl3N8Os+. The Kier molecular flexibility index (Phi) is 17.6. The monoisotopic (exact) mass is 711 g/mol. The first-order chi connectivity index (χ1) is 15.1. The van der Waals surface area contributed by atoms with E-state index in [2.05, 4.69) is 24.9 Å². The summed E-state index contributed by atoms with van der Waals surface area (Å²) in [7, 11) is 5.89. The fourth-order valence-electron chi connectivity index (χ4n) is 2.66. The van der Waals surface area contributed by atoms with Gasteiger partial charge in [0.2, 0.25) is 0 Å². The molecule has 5 aromatic rings. The Morgan fingerprint density at radius 1 is 0.514 bits per heavy atom. The van der Waals surface area contributed by atoms with Gasteiger partial charge in [-0.1, -0.05) is 12.1 Å². The minimum Gasteiger partial charge on any atom is -1.00 e. The molecule has 5 heterocycles. The zero-order valence-corrected chi connectivity index (χ0v) is 24.5. The molecule has 8 nitrogen and oxygen atoms in total. The largest absolute Gasteiger partial charge is 4.00 e. The summed E-state index contributed by atoms with van der Waals surface area (Å²) >= 11 is 0. The first-order valence-electron chi connectivity index (χ1n) is 9.77. The number of aromatic nitrogens is 8. The summed E-state index contributed by atoms with van der Waals surface area (Å²) in [5.41, 5.74) is 1.81. The Morgan fingerprint density at radius 2 is 0.914 bits per heavy atom. The van der Waals surface area contributed by atoms with Gasteiger partial charge in [-0.2, -0.15) is 0 Å². The van der Waals surface area contributed by atoms with E-state index in [1.54, 1.807) is 31.0 Å². The summed E-state index contributed by atoms with van der Waals surface area (Å²) in [6, 6.07) is 11.6. The molecule has 0 radical (unpaired) electrons. The van der Waals surface area contributed by atoms with Crippen molar-refractivity contribution in [1.29, 1.82) is 0 Å². The quantitative estimate of drug-likeness (QED) is 0.183. The molecule has 12 heteroatoms. The van der Waals surface area contributed by atoms with E-state index in [0.717, 1.165) is 28.9 Å². The zero-order valence-electron chi connectivity index (χ0n) is 19.6. The van der Waals surface area contributed by atoms with Crippen LogP contribution in [0.4, 0.5) is 0 Å². The molecule has 0 bridgehead atoms. The van der Waals surface area contributed by atoms with Crippen LogP contribution in [0.3, 0.4) is 0 Å². The number of rotatable bonds is 2. The Balaban J connectivity index is 0. The Morgan fingerprint density at radius 3 is 1.14 bits per heavy atom. The third-order valence-electron chi connectivity index (χ3n) is 4.49. The van der Waals surface area contributed by atoms with Crippen LogP contribution in [0.5, 0.6) is 0 Å². The molecule has 0 fully saturated rings. The molecule has 0 amide bonds. The molecular weight excluding hydrogens is 685 g/mol. The van der Waals surface area contributed by atoms with Gasteiger partial charge in [-0.05, 0) is 31.2 Å². The van der Waals surface area contributed by atoms with E-state index in [4.69, 9.17) is 0 Å². The van der Waals surface area contributed by atoms with E-state index < -0.39 is 0 Å². The van der Waals surface area contributed by atoms with E-state index in [-0.39, 0.29) is 57.0 Å². The summed E-state index contributed by atoms with van der Waals surface area (Å²) < 4.78 is 5.87. The summed E-state index contributed by atoms with van der Waals surface area (Å²) in [5.74, 6) is 2.85. The molecule has 0 spiro atoms. The molecule has 0 aliphatic carbocycles. The van der Waals surface area contributed by atoms with E-state index in [1.807, 2.05) is 96.8 Å². The summed E-state index contributed by atoms with van der Waals surface area (Å²) in [4.78, 5) is 20.7. The van der Waals surface area contributed by atoms with Gasteiger partial charge in [0, 0.05) is 70.7 Å². The second kappa shape index (κ2) is 17.8. The molecule has 0 unspecified atom stereocenters. The van der Waals surface area contributed by atoms with Crippen LogP contribution in [0.1, 0.15) is 5.82 Å². The van der Waals surface area contributed by atoms with Gasteiger partial charge in [0.25, 0.3) is 0 Å². The Bertz CT molecular complexity index is 1100. The van der Waals surface area contributed by atoms with Gasteiger partial charge in [0.1, 0.15) is 17.2 Å². The standard InChI is InChI=1S/2C9H9N3.C5H8N2.3ClH.Os/c2*1-12-7-6-11-9(12)8-4-2-3-5-10-8;1-5-6-3-4-7(5)2;;;;/h2*2-7H,1H3;3-4H,1-2H3;3*1H;/q;;;;;;+4/p-3. The van der Waals surface area contributed by atoms with Crippen molar-refractivity contribution in [3.05, 3.63) is 91.8 Å². The summed E-state index contributed by atoms with van der Waals surface area (Å²) in [6.45, 7) is 1.97. The number of pyridine rings is 2. The first kappa shape index (κ1) is 34.6. The maximum Gasteiger partial charge on any atom is 4.00 e. The van der Waals surface area contributed by atoms with Crippen LogP contribution >= 0.6 is 0 Å². The van der Waals surface area contributed by atoms with Crippen molar-refractivity contribution in [3.8, 4) is 23.0 Å². The molecule has 0 aliphatic heterocycles. The molecule has 35 heavy (non-hydrogen) atoms. The van der Waals surface area contributed by atoms with Crippen LogP contribution in [0.2, 0.25) is 0 Å². The minimum atomic E-state index is 0. The number of hydrogen-bond donors (Lipinski definition) is 0. The topological polar surface area (TPSA) is 79.2 Å². The molecule has 5 aromatic heterocycles. The van der Waals surface area contributed by atoms with Crippen LogP contribution in [0.15, 0.2) is 86.0 Å². The van der Waals surface area contributed by atoms with Crippen LogP contribution in [0.25, 0.3) is 23.0 Å². The Hall–Kier alpha value is -2.56. The van der Waals surface area contributed by atoms with Crippen molar-refractivity contribution in [2.45, 2.75) is 6.92 Å². The molecule has 0 aromatic carbocycles. The van der Waals surface area contributed by atoms with Crippen molar-refractivity contribution in [2.24, 2.45) is 21.1 Å². The smallest absolute Gasteiger partial charge is 1.00 e. The van der Waals surface area contributed by atoms with E-state index >= 15 is 0 Å². The average Bonchev–Trinajstić information content (AvgIpc) is 3.52. The van der Waals surface area contributed by atoms with Gasteiger partial charge in [-0.15, -0.1) is 0 Å². The molecule has 0 saturated carbocycles. The van der Waals surface area contributed by atoms with Crippen LogP contribution in [-0.2, 0) is 40.9 Å². The van der Waals surface area contributed by atoms with Gasteiger partial charge < -0.3 is 50.9 Å². The number of imidazole rings is 3. The molecule has 5 rings (SSSR count). The second-order valence-electron chi connectivity index (χ2n) is 6.74. The van der Waals surface area contributed by atoms with Crippen molar-refractivity contribution in [1.82, 2.24) is 38.6 Å². The van der Waals surface area contributed by atoms with Crippen molar-refractivity contribution < 1.29 is 57.0 Å². The zero-order chi connectivity index (χ0) is 22.1. The SMILES string of the molecule is Cc1nccn1C.Cn1ccnc1-c1ccccn1.Cn1ccnc1-c1ccccn1.[Cl-].[Cl-].[Cl-].[Os+4]. The second-order valence-corrected chi connectivity index (χ2v) is 6.74. The summed E-state index contributed by atoms with van der Waals surface area (Å²) in [5, 5.41) is 0. The first-order valence-corrected chi connectivity index (χ1v) is 9.77. The van der Waals surface area contributed by atoms with Gasteiger partial charge in [-0.3, -0.25) is 9.97 Å². The number of halogens is 3. The molecule has 0 saturated heterocycles. The van der Waals surface area contributed by atoms with Crippen molar-refractivity contribution in [2.75, 3.05) is 0 Å². The van der Waals surface area contributed by atoms with E-state index in [0.29, 0.717) is 0 Å². The third-order valence-corrected chi connectivity index (χ3v) is 4.49. The third kappa shape index (κ3) is 10.3. The van der Waals surface area contributed by atoms with Gasteiger partial charge >= 0.3 is 19.8 Å². The van der Waals surface area contributed by atoms with E-state index in [1.165, 1.54) is 0 Å². The van der Waals surface area contributed by atoms with E-state index in [9.17, 15) is 0 Å². The van der Waals surface area contributed by atoms with Crippen LogP contribution in [0, 0.1) is 6.92 Å². The fraction of sp³-hybridized carbons (Fsp3) is 0.174. The van der Waals surface area contributed by atoms with Gasteiger partial charge in [0.05, 0.1) is 0 Å². The average molecular weight is 711 g/mol. The van der Waals surface area contributed by atoms with Crippen LogP contribution in [-0.4, -0.2) is 38.6 Å². The van der Waals surface area contributed by atoms with Gasteiger partial charge in [-0.25, -0.2) is 15.0 Å². The molecule has 0 aliphatic rings. The number of aryl methyl sites for hydroxylation is 4. The molecule has 0 N–H and O–H groups in total. The van der Waals surface area contributed by atoms with Crippen molar-refractivity contribution >= 4 is 0 Å². The minimum absolute atomic E-state index is 0. The number of nitrogens with zero attached hydrogens (tertiary/aromatic N) is 8. The molecule has 0 atom stereocenters. The van der Waals surface area contributed by atoms with Crippen molar-refractivity contribution in [3.63, 3.8) is 0 Å². The fourth-order valence-corrected chi connectivity index (χ4v) is 2.66.